The van der Waals surface area contributed by atoms with Crippen molar-refractivity contribution in [2.24, 2.45) is 0 Å². The van der Waals surface area contributed by atoms with Crippen LogP contribution in [-0.2, 0) is 6.54 Å². The van der Waals surface area contributed by atoms with E-state index in [9.17, 15) is 9.90 Å². The molecule has 5 heteroatoms. The van der Waals surface area contributed by atoms with Crippen molar-refractivity contribution >= 4 is 0 Å². The Kier molecular flexibility index (Phi) is 4.53. The van der Waals surface area contributed by atoms with Crippen LogP contribution in [0.15, 0.2) is 35.1 Å². The summed E-state index contributed by atoms with van der Waals surface area (Å²) in [6, 6.07) is 8.72. The van der Waals surface area contributed by atoms with E-state index in [1.165, 1.54) is 10.7 Å². The summed E-state index contributed by atoms with van der Waals surface area (Å²) in [5, 5.41) is 17.2. The number of rotatable bonds is 5. The van der Waals surface area contributed by atoms with Gasteiger partial charge in [0.1, 0.15) is 11.4 Å². The molecule has 2 rings (SSSR count). The van der Waals surface area contributed by atoms with Crippen LogP contribution in [0, 0.1) is 6.92 Å². The van der Waals surface area contributed by atoms with Crippen LogP contribution >= 0.6 is 0 Å². The van der Waals surface area contributed by atoms with Crippen molar-refractivity contribution in [3.63, 3.8) is 0 Å². The van der Waals surface area contributed by atoms with E-state index in [0.717, 1.165) is 18.5 Å². The topological polar surface area (TPSA) is 67.2 Å². The largest absolute Gasteiger partial charge is 0.506 e. The quantitative estimate of drug-likeness (QED) is 0.814. The molecule has 0 fully saturated rings. The molecule has 0 atom stereocenters. The van der Waals surface area contributed by atoms with Crippen LogP contribution in [0.5, 0.6) is 5.75 Å². The molecular formula is C15H19N3O2. The van der Waals surface area contributed by atoms with Crippen LogP contribution in [0.3, 0.4) is 0 Å². The van der Waals surface area contributed by atoms with Gasteiger partial charge in [0, 0.05) is 12.6 Å². The Bertz CT molecular complexity index is 633. The van der Waals surface area contributed by atoms with Crippen molar-refractivity contribution in [1.29, 1.82) is 0 Å². The van der Waals surface area contributed by atoms with Gasteiger partial charge in [-0.05, 0) is 32.0 Å². The van der Waals surface area contributed by atoms with E-state index in [0.29, 0.717) is 17.9 Å². The fourth-order valence-corrected chi connectivity index (χ4v) is 1.86. The third-order valence-electron chi connectivity index (χ3n) is 2.98. The molecule has 0 aliphatic heterocycles. The minimum atomic E-state index is -0.342. The van der Waals surface area contributed by atoms with Gasteiger partial charge in [0.2, 0.25) is 0 Å². The molecule has 20 heavy (non-hydrogen) atoms. The second-order valence-corrected chi connectivity index (χ2v) is 4.74. The molecule has 1 aromatic heterocycles. The fourth-order valence-electron chi connectivity index (χ4n) is 1.86. The van der Waals surface area contributed by atoms with Gasteiger partial charge in [0.15, 0.2) is 0 Å². The van der Waals surface area contributed by atoms with Gasteiger partial charge in [-0.1, -0.05) is 24.6 Å². The van der Waals surface area contributed by atoms with Gasteiger partial charge in [0.25, 0.3) is 5.56 Å². The normalized spacial score (nSPS) is 10.7. The van der Waals surface area contributed by atoms with Crippen molar-refractivity contribution < 1.29 is 5.11 Å². The molecule has 0 unspecified atom stereocenters. The van der Waals surface area contributed by atoms with Gasteiger partial charge in [0.05, 0.1) is 5.69 Å². The number of nitrogens with zero attached hydrogens (tertiary/aromatic N) is 2. The summed E-state index contributed by atoms with van der Waals surface area (Å²) in [5.74, 6) is -0.0676. The molecule has 2 N–H and O–H groups in total. The third kappa shape index (κ3) is 3.24. The minimum absolute atomic E-state index is 0.0676. The van der Waals surface area contributed by atoms with Gasteiger partial charge >= 0.3 is 0 Å². The van der Waals surface area contributed by atoms with E-state index >= 15 is 0 Å². The molecule has 0 aliphatic carbocycles. The zero-order valence-electron chi connectivity index (χ0n) is 11.8. The zero-order valence-corrected chi connectivity index (χ0v) is 11.8. The maximum absolute atomic E-state index is 11.9. The smallest absolute Gasteiger partial charge is 0.275 e. The number of aromatic hydroxyl groups is 1. The molecular weight excluding hydrogens is 254 g/mol. The van der Waals surface area contributed by atoms with Gasteiger partial charge in [-0.3, -0.25) is 4.79 Å². The molecule has 1 aromatic carbocycles. The maximum Gasteiger partial charge on any atom is 0.275 e. The molecule has 2 aromatic rings. The van der Waals surface area contributed by atoms with E-state index in [4.69, 9.17) is 0 Å². The van der Waals surface area contributed by atoms with E-state index < -0.39 is 0 Å². The first-order chi connectivity index (χ1) is 9.61. The second-order valence-electron chi connectivity index (χ2n) is 4.74. The average Bonchev–Trinajstić information content (AvgIpc) is 2.43. The predicted molar refractivity (Wildman–Crippen MR) is 78.2 cm³/mol. The Labute approximate surface area is 117 Å². The first-order valence-corrected chi connectivity index (χ1v) is 6.72. The average molecular weight is 273 g/mol. The van der Waals surface area contributed by atoms with Crippen LogP contribution in [-0.4, -0.2) is 21.4 Å². The Morgan fingerprint density at radius 2 is 2.00 bits per heavy atom. The molecule has 0 saturated heterocycles. The summed E-state index contributed by atoms with van der Waals surface area (Å²) in [6.07, 6.45) is 0.998. The maximum atomic E-state index is 11.9. The van der Waals surface area contributed by atoms with Gasteiger partial charge in [-0.15, -0.1) is 0 Å². The third-order valence-corrected chi connectivity index (χ3v) is 2.98. The van der Waals surface area contributed by atoms with Gasteiger partial charge < -0.3 is 10.4 Å². The predicted octanol–water partition coefficient (Wildman–Crippen LogP) is 1.75. The molecule has 0 amide bonds. The second kappa shape index (κ2) is 6.34. The monoisotopic (exact) mass is 273 g/mol. The van der Waals surface area contributed by atoms with E-state index in [1.807, 2.05) is 31.2 Å². The van der Waals surface area contributed by atoms with Crippen LogP contribution in [0.2, 0.25) is 0 Å². The summed E-state index contributed by atoms with van der Waals surface area (Å²) >= 11 is 0. The lowest BCUT2D eigenvalue weighted by Crippen LogP contribution is -2.24. The summed E-state index contributed by atoms with van der Waals surface area (Å²) in [7, 11) is 0. The Morgan fingerprint density at radius 1 is 1.30 bits per heavy atom. The summed E-state index contributed by atoms with van der Waals surface area (Å²) in [4.78, 5) is 11.9. The molecule has 0 spiro atoms. The first-order valence-electron chi connectivity index (χ1n) is 6.72. The highest BCUT2D eigenvalue weighted by molar-refractivity contribution is 5.35. The molecule has 0 saturated carbocycles. The van der Waals surface area contributed by atoms with Crippen molar-refractivity contribution in [2.75, 3.05) is 6.54 Å². The summed E-state index contributed by atoms with van der Waals surface area (Å²) < 4.78 is 1.31. The van der Waals surface area contributed by atoms with Crippen LogP contribution in [0.1, 0.15) is 24.6 Å². The SMILES string of the molecule is CCCNCc1nn(-c2ccc(C)cc2)c(=O)cc1O. The zero-order chi connectivity index (χ0) is 14.5. The first kappa shape index (κ1) is 14.3. The van der Waals surface area contributed by atoms with Crippen LogP contribution in [0.4, 0.5) is 0 Å². The van der Waals surface area contributed by atoms with Crippen molar-refractivity contribution in [3.05, 3.63) is 51.9 Å². The van der Waals surface area contributed by atoms with Crippen molar-refractivity contribution in [3.8, 4) is 11.4 Å². The van der Waals surface area contributed by atoms with Gasteiger partial charge in [-0.2, -0.15) is 9.78 Å². The number of aromatic nitrogens is 2. The summed E-state index contributed by atoms with van der Waals surface area (Å²) in [6.45, 7) is 5.32. The summed E-state index contributed by atoms with van der Waals surface area (Å²) in [5.41, 5.74) is 1.94. The Balaban J connectivity index is 2.35. The number of aryl methyl sites for hydroxylation is 1. The number of benzene rings is 1. The number of nitrogens with one attached hydrogen (secondary N) is 1. The van der Waals surface area contributed by atoms with Crippen molar-refractivity contribution in [2.45, 2.75) is 26.8 Å². The Morgan fingerprint density at radius 3 is 2.65 bits per heavy atom. The Hall–Kier alpha value is -2.14. The van der Waals surface area contributed by atoms with Crippen LogP contribution in [0.25, 0.3) is 5.69 Å². The van der Waals surface area contributed by atoms with Crippen LogP contribution < -0.4 is 10.9 Å². The molecule has 1 heterocycles. The number of hydrogen-bond acceptors (Lipinski definition) is 4. The van der Waals surface area contributed by atoms with E-state index in [2.05, 4.69) is 17.3 Å². The van der Waals surface area contributed by atoms with Crippen molar-refractivity contribution in [1.82, 2.24) is 15.1 Å². The van der Waals surface area contributed by atoms with E-state index in [-0.39, 0.29) is 11.3 Å². The molecule has 0 bridgehead atoms. The standard InChI is InChI=1S/C15H19N3O2/c1-3-8-16-10-13-14(19)9-15(20)18(17-13)12-6-4-11(2)5-7-12/h4-7,9,16,19H,3,8,10H2,1-2H3. The number of hydrogen-bond donors (Lipinski definition) is 2. The van der Waals surface area contributed by atoms with Gasteiger partial charge in [-0.25, -0.2) is 0 Å². The fraction of sp³-hybridized carbons (Fsp3) is 0.333. The molecule has 5 nitrogen and oxygen atoms in total. The minimum Gasteiger partial charge on any atom is -0.506 e. The highest BCUT2D eigenvalue weighted by Gasteiger charge is 2.09. The molecule has 0 aliphatic rings. The lowest BCUT2D eigenvalue weighted by molar-refractivity contribution is 0.451. The van der Waals surface area contributed by atoms with E-state index in [1.54, 1.807) is 0 Å². The lowest BCUT2D eigenvalue weighted by atomic mass is 10.2. The molecule has 0 radical (unpaired) electrons. The highest BCUT2D eigenvalue weighted by Crippen LogP contribution is 2.12. The lowest BCUT2D eigenvalue weighted by Gasteiger charge is -2.09. The molecule has 106 valence electrons. The highest BCUT2D eigenvalue weighted by atomic mass is 16.3.